The molecule has 2 aliphatic rings. The lowest BCUT2D eigenvalue weighted by Crippen LogP contribution is -2.44. The van der Waals surface area contributed by atoms with Gasteiger partial charge in [-0.3, -0.25) is 9.69 Å². The molecule has 0 radical (unpaired) electrons. The highest BCUT2D eigenvalue weighted by Crippen LogP contribution is 2.17. The van der Waals surface area contributed by atoms with Crippen LogP contribution < -0.4 is 5.32 Å². The third kappa shape index (κ3) is 3.40. The molecule has 5 heteroatoms. The minimum absolute atomic E-state index is 0.0626. The highest BCUT2D eigenvalue weighted by atomic mass is 16.3. The van der Waals surface area contributed by atoms with Crippen molar-refractivity contribution >= 4 is 5.91 Å². The van der Waals surface area contributed by atoms with Crippen LogP contribution in [-0.4, -0.2) is 72.7 Å². The number of rotatable bonds is 3. The van der Waals surface area contributed by atoms with Gasteiger partial charge in [-0.05, 0) is 32.4 Å². The Labute approximate surface area is 103 Å². The van der Waals surface area contributed by atoms with Gasteiger partial charge < -0.3 is 15.3 Å². The molecule has 0 aromatic heterocycles. The van der Waals surface area contributed by atoms with E-state index >= 15 is 0 Å². The zero-order valence-electron chi connectivity index (χ0n) is 10.4. The first kappa shape index (κ1) is 12.8. The van der Waals surface area contributed by atoms with Gasteiger partial charge in [-0.2, -0.15) is 0 Å². The summed E-state index contributed by atoms with van der Waals surface area (Å²) in [5.74, 6) is 0.184. The molecule has 2 aliphatic heterocycles. The fraction of sp³-hybridized carbons (Fsp3) is 0.917. The van der Waals surface area contributed by atoms with Crippen molar-refractivity contribution in [3.05, 3.63) is 0 Å². The van der Waals surface area contributed by atoms with Crippen LogP contribution in [0.5, 0.6) is 0 Å². The summed E-state index contributed by atoms with van der Waals surface area (Å²) in [6.45, 7) is 5.39. The quantitative estimate of drug-likeness (QED) is 0.684. The minimum Gasteiger partial charge on any atom is -0.394 e. The highest BCUT2D eigenvalue weighted by molar-refractivity contribution is 5.78. The SMILES string of the molecule is O=C(CN1CCCNCC1)N1CCC[C@H]1CO. The summed E-state index contributed by atoms with van der Waals surface area (Å²) in [5, 5.41) is 12.6. The Morgan fingerprint density at radius 3 is 2.94 bits per heavy atom. The molecular formula is C12H23N3O2. The smallest absolute Gasteiger partial charge is 0.237 e. The zero-order valence-corrected chi connectivity index (χ0v) is 10.4. The van der Waals surface area contributed by atoms with Gasteiger partial charge in [-0.25, -0.2) is 0 Å². The largest absolute Gasteiger partial charge is 0.394 e. The van der Waals surface area contributed by atoms with E-state index in [9.17, 15) is 9.90 Å². The first-order valence-electron chi connectivity index (χ1n) is 6.64. The molecular weight excluding hydrogens is 218 g/mol. The average molecular weight is 241 g/mol. The molecule has 2 fully saturated rings. The van der Waals surface area contributed by atoms with E-state index in [-0.39, 0.29) is 18.6 Å². The lowest BCUT2D eigenvalue weighted by atomic mass is 10.2. The molecule has 0 aliphatic carbocycles. The summed E-state index contributed by atoms with van der Waals surface area (Å²) in [7, 11) is 0. The maximum Gasteiger partial charge on any atom is 0.237 e. The van der Waals surface area contributed by atoms with Crippen molar-refractivity contribution in [3.8, 4) is 0 Å². The summed E-state index contributed by atoms with van der Waals surface area (Å²) in [6.07, 6.45) is 3.08. The fourth-order valence-corrected chi connectivity index (χ4v) is 2.70. The molecule has 2 heterocycles. The molecule has 0 unspecified atom stereocenters. The van der Waals surface area contributed by atoms with Crippen LogP contribution in [0.2, 0.25) is 0 Å². The number of carbonyl (C=O) groups excluding carboxylic acids is 1. The number of aliphatic hydroxyl groups excluding tert-OH is 1. The molecule has 2 rings (SSSR count). The van der Waals surface area contributed by atoms with Crippen molar-refractivity contribution < 1.29 is 9.90 Å². The Morgan fingerprint density at radius 2 is 2.12 bits per heavy atom. The van der Waals surface area contributed by atoms with Crippen molar-refractivity contribution in [2.75, 3.05) is 45.9 Å². The zero-order chi connectivity index (χ0) is 12.1. The van der Waals surface area contributed by atoms with Gasteiger partial charge in [0.1, 0.15) is 0 Å². The van der Waals surface area contributed by atoms with Crippen LogP contribution in [0.15, 0.2) is 0 Å². The van der Waals surface area contributed by atoms with E-state index in [1.54, 1.807) is 0 Å². The van der Waals surface area contributed by atoms with E-state index in [1.165, 1.54) is 0 Å². The molecule has 5 nitrogen and oxygen atoms in total. The maximum atomic E-state index is 12.1. The van der Waals surface area contributed by atoms with Gasteiger partial charge in [-0.1, -0.05) is 0 Å². The molecule has 1 atom stereocenters. The Hall–Kier alpha value is -0.650. The molecule has 0 aromatic rings. The summed E-state index contributed by atoms with van der Waals surface area (Å²) in [4.78, 5) is 16.2. The van der Waals surface area contributed by atoms with Crippen molar-refractivity contribution in [3.63, 3.8) is 0 Å². The van der Waals surface area contributed by atoms with Gasteiger partial charge in [0.2, 0.25) is 5.91 Å². The Balaban J connectivity index is 1.82. The number of nitrogens with one attached hydrogen (secondary N) is 1. The second-order valence-corrected chi connectivity index (χ2v) is 4.95. The number of amides is 1. The minimum atomic E-state index is 0.0626. The molecule has 0 aromatic carbocycles. The number of nitrogens with zero attached hydrogens (tertiary/aromatic N) is 2. The van der Waals surface area contributed by atoms with E-state index in [2.05, 4.69) is 10.2 Å². The number of aliphatic hydroxyl groups is 1. The standard InChI is InChI=1S/C12H23N3O2/c16-10-11-3-1-7-15(11)12(17)9-14-6-2-4-13-5-8-14/h11,13,16H,1-10H2/t11-/m0/s1. The fourth-order valence-electron chi connectivity index (χ4n) is 2.70. The third-order valence-electron chi connectivity index (χ3n) is 3.70. The third-order valence-corrected chi connectivity index (χ3v) is 3.70. The van der Waals surface area contributed by atoms with Crippen LogP contribution in [0.1, 0.15) is 19.3 Å². The topological polar surface area (TPSA) is 55.8 Å². The molecule has 2 saturated heterocycles. The van der Waals surface area contributed by atoms with Gasteiger partial charge in [0.15, 0.2) is 0 Å². The van der Waals surface area contributed by atoms with Crippen LogP contribution in [0.4, 0.5) is 0 Å². The Morgan fingerprint density at radius 1 is 1.24 bits per heavy atom. The summed E-state index contributed by atoms with van der Waals surface area (Å²) < 4.78 is 0. The Bertz CT molecular complexity index is 252. The van der Waals surface area contributed by atoms with Gasteiger partial charge in [0.25, 0.3) is 0 Å². The molecule has 0 saturated carbocycles. The van der Waals surface area contributed by atoms with Gasteiger partial charge in [0.05, 0.1) is 19.2 Å². The highest BCUT2D eigenvalue weighted by Gasteiger charge is 2.28. The van der Waals surface area contributed by atoms with E-state index < -0.39 is 0 Å². The second kappa shape index (κ2) is 6.33. The van der Waals surface area contributed by atoms with Crippen molar-refractivity contribution in [1.29, 1.82) is 0 Å². The van der Waals surface area contributed by atoms with Crippen LogP contribution in [0.3, 0.4) is 0 Å². The molecule has 0 bridgehead atoms. The molecule has 1 amide bonds. The monoisotopic (exact) mass is 241 g/mol. The second-order valence-electron chi connectivity index (χ2n) is 4.95. The molecule has 17 heavy (non-hydrogen) atoms. The van der Waals surface area contributed by atoms with E-state index in [4.69, 9.17) is 0 Å². The van der Waals surface area contributed by atoms with Crippen molar-refractivity contribution in [2.45, 2.75) is 25.3 Å². The average Bonchev–Trinajstić information content (AvgIpc) is 2.68. The summed E-state index contributed by atoms with van der Waals surface area (Å²) in [6, 6.07) is 0.0626. The molecule has 2 N–H and O–H groups in total. The summed E-state index contributed by atoms with van der Waals surface area (Å²) >= 11 is 0. The van der Waals surface area contributed by atoms with E-state index in [0.29, 0.717) is 6.54 Å². The van der Waals surface area contributed by atoms with Gasteiger partial charge in [0, 0.05) is 19.6 Å². The predicted molar refractivity (Wildman–Crippen MR) is 65.7 cm³/mol. The van der Waals surface area contributed by atoms with Gasteiger partial charge >= 0.3 is 0 Å². The number of hydrogen-bond acceptors (Lipinski definition) is 4. The van der Waals surface area contributed by atoms with Crippen LogP contribution in [0.25, 0.3) is 0 Å². The van der Waals surface area contributed by atoms with Crippen LogP contribution in [-0.2, 0) is 4.79 Å². The lowest BCUT2D eigenvalue weighted by Gasteiger charge is -2.27. The Kier molecular flexibility index (Phi) is 4.76. The number of hydrogen-bond donors (Lipinski definition) is 2. The lowest BCUT2D eigenvalue weighted by molar-refractivity contribution is -0.133. The number of carbonyl (C=O) groups is 1. The van der Waals surface area contributed by atoms with E-state index in [1.807, 2.05) is 4.90 Å². The molecule has 0 spiro atoms. The van der Waals surface area contributed by atoms with Gasteiger partial charge in [-0.15, -0.1) is 0 Å². The molecule has 98 valence electrons. The maximum absolute atomic E-state index is 12.1. The van der Waals surface area contributed by atoms with E-state index in [0.717, 1.165) is 52.0 Å². The first-order valence-corrected chi connectivity index (χ1v) is 6.64. The first-order chi connectivity index (χ1) is 8.31. The van der Waals surface area contributed by atoms with Crippen molar-refractivity contribution in [2.24, 2.45) is 0 Å². The normalized spacial score (nSPS) is 27.1. The van der Waals surface area contributed by atoms with Crippen LogP contribution in [0, 0.1) is 0 Å². The number of likely N-dealkylation sites (tertiary alicyclic amines) is 1. The summed E-state index contributed by atoms with van der Waals surface area (Å²) in [5.41, 5.74) is 0. The predicted octanol–water partition coefficient (Wildman–Crippen LogP) is -0.735. The van der Waals surface area contributed by atoms with Crippen LogP contribution >= 0.6 is 0 Å². The van der Waals surface area contributed by atoms with Crippen molar-refractivity contribution in [1.82, 2.24) is 15.1 Å².